The molecule has 9 heteroatoms. The summed E-state index contributed by atoms with van der Waals surface area (Å²) >= 11 is 3.14. The minimum Gasteiger partial charge on any atom is -0.396 e. The van der Waals surface area contributed by atoms with E-state index in [0.717, 1.165) is 15.5 Å². The van der Waals surface area contributed by atoms with E-state index in [1.54, 1.807) is 26.3 Å². The topological polar surface area (TPSA) is 82.8 Å². The number of thiophene rings is 1. The molecular weight excluding hydrogens is 358 g/mol. The summed E-state index contributed by atoms with van der Waals surface area (Å²) < 4.78 is 1.71. The predicted octanol–water partition coefficient (Wildman–Crippen LogP) is 2.82. The Morgan fingerprint density at radius 1 is 1.48 bits per heavy atom. The molecule has 0 unspecified atom stereocenters. The van der Waals surface area contributed by atoms with E-state index in [9.17, 15) is 4.79 Å². The molecule has 0 saturated carbocycles. The third kappa shape index (κ3) is 4.36. The van der Waals surface area contributed by atoms with Gasteiger partial charge < -0.3 is 15.3 Å². The molecular formula is C16H21N5O2S2. The van der Waals surface area contributed by atoms with Gasteiger partial charge in [0.15, 0.2) is 0 Å². The number of aliphatic hydroxyl groups is 1. The summed E-state index contributed by atoms with van der Waals surface area (Å²) in [5, 5.41) is 16.3. The van der Waals surface area contributed by atoms with E-state index in [1.165, 1.54) is 16.2 Å². The van der Waals surface area contributed by atoms with Gasteiger partial charge in [-0.2, -0.15) is 5.10 Å². The molecule has 25 heavy (non-hydrogen) atoms. The lowest BCUT2D eigenvalue weighted by molar-refractivity contribution is 0.184. The van der Waals surface area contributed by atoms with Crippen LogP contribution in [0.1, 0.15) is 34.8 Å². The molecule has 0 radical (unpaired) electrons. The second-order valence-corrected chi connectivity index (χ2v) is 8.00. The first-order valence-electron chi connectivity index (χ1n) is 8.07. The summed E-state index contributed by atoms with van der Waals surface area (Å²) in [6.45, 7) is 5.06. The molecule has 0 fully saturated rings. The van der Waals surface area contributed by atoms with Crippen molar-refractivity contribution < 1.29 is 9.90 Å². The zero-order valence-corrected chi connectivity index (χ0v) is 15.8. The molecule has 3 aromatic heterocycles. The third-order valence-corrected chi connectivity index (χ3v) is 5.48. The number of hydrogen-bond donors (Lipinski definition) is 2. The molecule has 3 aromatic rings. The molecule has 0 aliphatic rings. The highest BCUT2D eigenvalue weighted by atomic mass is 32.1. The Morgan fingerprint density at radius 2 is 2.32 bits per heavy atom. The Morgan fingerprint density at radius 3 is 3.00 bits per heavy atom. The van der Waals surface area contributed by atoms with E-state index in [2.05, 4.69) is 21.5 Å². The minimum atomic E-state index is -0.219. The van der Waals surface area contributed by atoms with Crippen LogP contribution in [-0.2, 0) is 6.54 Å². The summed E-state index contributed by atoms with van der Waals surface area (Å²) in [4.78, 5) is 22.1. The molecule has 0 aromatic carbocycles. The van der Waals surface area contributed by atoms with Crippen LogP contribution in [0.15, 0.2) is 23.8 Å². The molecule has 134 valence electrons. The number of carbonyl (C=O) groups excluding carboxylic acids is 1. The number of hydrogen-bond acceptors (Lipinski definition) is 6. The van der Waals surface area contributed by atoms with Gasteiger partial charge in [-0.25, -0.2) is 14.3 Å². The van der Waals surface area contributed by atoms with E-state index in [4.69, 9.17) is 5.11 Å². The third-order valence-electron chi connectivity index (χ3n) is 3.80. The van der Waals surface area contributed by atoms with Crippen molar-refractivity contribution in [2.45, 2.75) is 32.9 Å². The van der Waals surface area contributed by atoms with Crippen molar-refractivity contribution in [1.29, 1.82) is 0 Å². The normalized spacial score (nSPS) is 12.4. The smallest absolute Gasteiger partial charge is 0.318 e. The molecule has 7 nitrogen and oxygen atoms in total. The van der Waals surface area contributed by atoms with Gasteiger partial charge in [0.1, 0.15) is 5.51 Å². The van der Waals surface area contributed by atoms with Gasteiger partial charge >= 0.3 is 6.03 Å². The molecule has 1 atom stereocenters. The van der Waals surface area contributed by atoms with Crippen LogP contribution in [0.3, 0.4) is 0 Å². The average Bonchev–Trinajstić information content (AvgIpc) is 3.26. The minimum absolute atomic E-state index is 0.0613. The highest BCUT2D eigenvalue weighted by Gasteiger charge is 2.19. The van der Waals surface area contributed by atoms with Crippen molar-refractivity contribution >= 4 is 33.7 Å². The van der Waals surface area contributed by atoms with E-state index < -0.39 is 0 Å². The van der Waals surface area contributed by atoms with Crippen LogP contribution in [0, 0.1) is 6.92 Å². The number of imidazole rings is 1. The van der Waals surface area contributed by atoms with Crippen molar-refractivity contribution in [3.8, 4) is 0 Å². The molecule has 3 heterocycles. The van der Waals surface area contributed by atoms with Crippen molar-refractivity contribution in [1.82, 2.24) is 24.8 Å². The van der Waals surface area contributed by atoms with Crippen LogP contribution in [0.5, 0.6) is 0 Å². The number of aromatic nitrogens is 3. The number of amides is 2. The number of urea groups is 1. The lowest BCUT2D eigenvalue weighted by atomic mass is 10.2. The summed E-state index contributed by atoms with van der Waals surface area (Å²) in [5.74, 6) is 0. The fourth-order valence-corrected chi connectivity index (χ4v) is 4.00. The van der Waals surface area contributed by atoms with E-state index in [-0.39, 0.29) is 18.7 Å². The maximum Gasteiger partial charge on any atom is 0.318 e. The Labute approximate surface area is 153 Å². The van der Waals surface area contributed by atoms with Gasteiger partial charge in [0.25, 0.3) is 0 Å². The fourth-order valence-electron chi connectivity index (χ4n) is 2.49. The van der Waals surface area contributed by atoms with E-state index in [1.807, 2.05) is 26.1 Å². The molecule has 2 N–H and O–H groups in total. The maximum absolute atomic E-state index is 12.7. The highest BCUT2D eigenvalue weighted by molar-refractivity contribution is 7.14. The number of carbonyl (C=O) groups is 1. The summed E-state index contributed by atoms with van der Waals surface area (Å²) in [5.41, 5.74) is 2.51. The van der Waals surface area contributed by atoms with Crippen LogP contribution in [0.2, 0.25) is 0 Å². The number of aryl methyl sites for hydroxylation is 1. The predicted molar refractivity (Wildman–Crippen MR) is 99.0 cm³/mol. The SMILES string of the molecule is Cc1ccc(CN(CCCO)C(=O)N[C@H](C)c2cn3ncsc3n2)s1. The van der Waals surface area contributed by atoms with Crippen molar-refractivity contribution in [2.24, 2.45) is 0 Å². The van der Waals surface area contributed by atoms with Gasteiger partial charge in [0, 0.05) is 22.9 Å². The molecule has 0 saturated heterocycles. The first-order valence-corrected chi connectivity index (χ1v) is 9.77. The zero-order valence-electron chi connectivity index (χ0n) is 14.2. The largest absolute Gasteiger partial charge is 0.396 e. The fraction of sp³-hybridized carbons (Fsp3) is 0.438. The second-order valence-electron chi connectivity index (χ2n) is 5.81. The molecule has 0 spiro atoms. The lowest BCUT2D eigenvalue weighted by Gasteiger charge is -2.24. The van der Waals surface area contributed by atoms with Crippen molar-refractivity contribution in [2.75, 3.05) is 13.2 Å². The second kappa shape index (κ2) is 7.94. The molecule has 0 bridgehead atoms. The van der Waals surface area contributed by atoms with Gasteiger partial charge in [-0.1, -0.05) is 11.3 Å². The number of rotatable bonds is 7. The Bertz CT molecular complexity index is 812. The first-order chi connectivity index (χ1) is 12.1. The average molecular weight is 380 g/mol. The van der Waals surface area contributed by atoms with Crippen molar-refractivity contribution in [3.63, 3.8) is 0 Å². The van der Waals surface area contributed by atoms with E-state index >= 15 is 0 Å². The van der Waals surface area contributed by atoms with Gasteiger partial charge in [-0.3, -0.25) is 0 Å². The number of nitrogens with one attached hydrogen (secondary N) is 1. The lowest BCUT2D eigenvalue weighted by Crippen LogP contribution is -2.41. The zero-order chi connectivity index (χ0) is 17.8. The number of fused-ring (bicyclic) bond motifs is 1. The Hall–Kier alpha value is -1.97. The van der Waals surface area contributed by atoms with Crippen LogP contribution in [0.25, 0.3) is 4.96 Å². The molecule has 3 rings (SSSR count). The van der Waals surface area contributed by atoms with E-state index in [0.29, 0.717) is 19.5 Å². The highest BCUT2D eigenvalue weighted by Crippen LogP contribution is 2.19. The maximum atomic E-state index is 12.7. The van der Waals surface area contributed by atoms with Crippen molar-refractivity contribution in [3.05, 3.63) is 39.3 Å². The quantitative estimate of drug-likeness (QED) is 0.661. The van der Waals surface area contributed by atoms with Crippen LogP contribution in [0.4, 0.5) is 4.79 Å². The van der Waals surface area contributed by atoms with Crippen LogP contribution in [-0.4, -0.2) is 43.8 Å². The number of nitrogens with zero attached hydrogens (tertiary/aromatic N) is 4. The molecule has 2 amide bonds. The van der Waals surface area contributed by atoms with Crippen LogP contribution >= 0.6 is 22.7 Å². The Balaban J connectivity index is 1.66. The molecule has 0 aliphatic heterocycles. The van der Waals surface area contributed by atoms with Gasteiger partial charge in [0.05, 0.1) is 24.5 Å². The van der Waals surface area contributed by atoms with Gasteiger partial charge in [-0.05, 0) is 32.4 Å². The standard InChI is InChI=1S/C16H21N5O2S2/c1-11-4-5-13(25-11)8-20(6-3-7-22)15(23)18-12(2)14-9-21-16(19-14)24-10-17-21/h4-5,9-10,12,22H,3,6-8H2,1-2H3,(H,18,23)/t12-/m1/s1. The monoisotopic (exact) mass is 379 g/mol. The number of aliphatic hydroxyl groups excluding tert-OH is 1. The molecule has 0 aliphatic carbocycles. The summed E-state index contributed by atoms with van der Waals surface area (Å²) in [7, 11) is 0. The summed E-state index contributed by atoms with van der Waals surface area (Å²) in [6.07, 6.45) is 2.38. The Kier molecular flexibility index (Phi) is 5.67. The van der Waals surface area contributed by atoms with Crippen LogP contribution < -0.4 is 5.32 Å². The first kappa shape index (κ1) is 17.8. The summed E-state index contributed by atoms with van der Waals surface area (Å²) in [6, 6.07) is 3.72. The van der Waals surface area contributed by atoms with Gasteiger partial charge in [0.2, 0.25) is 4.96 Å². The van der Waals surface area contributed by atoms with Gasteiger partial charge in [-0.15, -0.1) is 11.3 Å².